The van der Waals surface area contributed by atoms with Gasteiger partial charge < -0.3 is 19.3 Å². The minimum Gasteiger partial charge on any atom is -0.443 e. The molecule has 2 aliphatic heterocycles. The number of carbonyl (C=O) groups is 2. The zero-order valence-electron chi connectivity index (χ0n) is 15.7. The molecule has 1 atom stereocenters. The Balaban J connectivity index is 1.50. The van der Waals surface area contributed by atoms with Gasteiger partial charge in [-0.1, -0.05) is 0 Å². The molecule has 9 nitrogen and oxygen atoms in total. The van der Waals surface area contributed by atoms with Crippen molar-refractivity contribution in [2.75, 3.05) is 37.7 Å². The van der Waals surface area contributed by atoms with Crippen molar-refractivity contribution >= 4 is 17.9 Å². The number of piperidine rings is 1. The molecular weight excluding hydrogens is 366 g/mol. The van der Waals surface area contributed by atoms with Crippen LogP contribution in [0.5, 0.6) is 0 Å². The molecule has 0 saturated carbocycles. The van der Waals surface area contributed by atoms with E-state index in [1.54, 1.807) is 31.2 Å². The van der Waals surface area contributed by atoms with Crippen LogP contribution in [0.1, 0.15) is 25.3 Å². The maximum Gasteiger partial charge on any atom is 0.510 e. The average molecular weight is 389 g/mol. The molecule has 0 bridgehead atoms. The molecule has 2 fully saturated rings. The van der Waals surface area contributed by atoms with Gasteiger partial charge in [-0.15, -0.1) is 0 Å². The third-order valence-electron chi connectivity index (χ3n) is 4.82. The summed E-state index contributed by atoms with van der Waals surface area (Å²) in [7, 11) is 0. The molecule has 1 amide bonds. The van der Waals surface area contributed by atoms with Crippen LogP contribution in [0.2, 0.25) is 0 Å². The highest BCUT2D eigenvalue weighted by Crippen LogP contribution is 2.26. The van der Waals surface area contributed by atoms with Gasteiger partial charge in [-0.05, 0) is 31.2 Å². The van der Waals surface area contributed by atoms with E-state index in [9.17, 15) is 14.7 Å². The largest absolute Gasteiger partial charge is 0.510 e. The number of likely N-dealkylation sites (tertiary alicyclic amines) is 1. The van der Waals surface area contributed by atoms with E-state index in [1.165, 1.54) is 4.90 Å². The van der Waals surface area contributed by atoms with Gasteiger partial charge in [-0.25, -0.2) is 9.59 Å². The van der Waals surface area contributed by atoms with E-state index < -0.39 is 18.0 Å². The lowest BCUT2D eigenvalue weighted by Crippen LogP contribution is -2.49. The van der Waals surface area contributed by atoms with E-state index in [-0.39, 0.29) is 25.6 Å². The number of nitriles is 1. The van der Waals surface area contributed by atoms with Crippen LogP contribution in [0.4, 0.5) is 15.3 Å². The summed E-state index contributed by atoms with van der Waals surface area (Å²) < 4.78 is 15.2. The van der Waals surface area contributed by atoms with E-state index in [1.807, 2.05) is 6.07 Å². The van der Waals surface area contributed by atoms with Crippen molar-refractivity contribution in [2.24, 2.45) is 0 Å². The number of anilines is 1. The van der Waals surface area contributed by atoms with Crippen LogP contribution in [-0.2, 0) is 14.2 Å². The van der Waals surface area contributed by atoms with E-state index in [4.69, 9.17) is 19.5 Å². The van der Waals surface area contributed by atoms with Crippen molar-refractivity contribution in [2.45, 2.75) is 31.7 Å². The number of aliphatic hydroxyl groups is 1. The maximum absolute atomic E-state index is 12.2. The highest BCUT2D eigenvalue weighted by atomic mass is 16.8. The van der Waals surface area contributed by atoms with Gasteiger partial charge >= 0.3 is 12.2 Å². The molecule has 1 aromatic carbocycles. The third-order valence-corrected chi connectivity index (χ3v) is 4.82. The standard InChI is InChI=1S/C19H23N3O6/c1-2-26-18(24)28-19(25)7-9-21(10-8-19)12-16-13-22(17(23)27-16)15-5-3-14(11-20)4-6-15/h3-6,16,25H,2,7-10,12-13H2,1H3. The molecule has 0 spiro atoms. The minimum atomic E-state index is -1.52. The predicted octanol–water partition coefficient (Wildman–Crippen LogP) is 1.84. The van der Waals surface area contributed by atoms with Gasteiger partial charge in [0.1, 0.15) is 6.10 Å². The number of rotatable bonds is 5. The molecule has 1 unspecified atom stereocenters. The first kappa shape index (κ1) is 19.9. The lowest BCUT2D eigenvalue weighted by molar-refractivity contribution is -0.201. The minimum absolute atomic E-state index is 0.184. The number of hydrogen-bond acceptors (Lipinski definition) is 8. The highest BCUT2D eigenvalue weighted by Gasteiger charge is 2.39. The zero-order valence-corrected chi connectivity index (χ0v) is 15.7. The molecule has 0 radical (unpaired) electrons. The Morgan fingerprint density at radius 1 is 1.36 bits per heavy atom. The summed E-state index contributed by atoms with van der Waals surface area (Å²) in [6.07, 6.45) is -1.09. The predicted molar refractivity (Wildman–Crippen MR) is 97.5 cm³/mol. The van der Waals surface area contributed by atoms with Gasteiger partial charge in [0, 0.05) is 38.2 Å². The van der Waals surface area contributed by atoms with Crippen molar-refractivity contribution in [1.29, 1.82) is 5.26 Å². The van der Waals surface area contributed by atoms with Gasteiger partial charge in [-0.3, -0.25) is 9.80 Å². The molecule has 3 rings (SSSR count). The molecule has 150 valence electrons. The summed E-state index contributed by atoms with van der Waals surface area (Å²) in [6.45, 7) is 3.78. The van der Waals surface area contributed by atoms with Crippen molar-refractivity contribution in [3.05, 3.63) is 29.8 Å². The van der Waals surface area contributed by atoms with Gasteiger partial charge in [0.25, 0.3) is 0 Å². The number of ether oxygens (including phenoxy) is 3. The van der Waals surface area contributed by atoms with E-state index in [0.717, 1.165) is 0 Å². The summed E-state index contributed by atoms with van der Waals surface area (Å²) in [5.74, 6) is -1.52. The average Bonchev–Trinajstić information content (AvgIpc) is 3.04. The second-order valence-electron chi connectivity index (χ2n) is 6.81. The second-order valence-corrected chi connectivity index (χ2v) is 6.81. The van der Waals surface area contributed by atoms with Crippen molar-refractivity contribution in [3.63, 3.8) is 0 Å². The quantitative estimate of drug-likeness (QED) is 0.600. The smallest absolute Gasteiger partial charge is 0.443 e. The van der Waals surface area contributed by atoms with Crippen LogP contribution < -0.4 is 4.90 Å². The Morgan fingerprint density at radius 3 is 2.64 bits per heavy atom. The lowest BCUT2D eigenvalue weighted by Gasteiger charge is -2.37. The molecule has 0 aromatic heterocycles. The van der Waals surface area contributed by atoms with Gasteiger partial charge in [0.15, 0.2) is 0 Å². The fourth-order valence-corrected chi connectivity index (χ4v) is 3.32. The van der Waals surface area contributed by atoms with E-state index in [2.05, 4.69) is 4.90 Å². The summed E-state index contributed by atoms with van der Waals surface area (Å²) in [5.41, 5.74) is 1.21. The molecule has 0 aliphatic carbocycles. The van der Waals surface area contributed by atoms with Crippen LogP contribution in [0, 0.1) is 11.3 Å². The van der Waals surface area contributed by atoms with Crippen LogP contribution >= 0.6 is 0 Å². The fraction of sp³-hybridized carbons (Fsp3) is 0.526. The van der Waals surface area contributed by atoms with E-state index >= 15 is 0 Å². The highest BCUT2D eigenvalue weighted by molar-refractivity contribution is 5.89. The summed E-state index contributed by atoms with van der Waals surface area (Å²) in [4.78, 5) is 27.2. The Kier molecular flexibility index (Phi) is 6.02. The van der Waals surface area contributed by atoms with Crippen LogP contribution in [0.25, 0.3) is 0 Å². The Bertz CT molecular complexity index is 752. The Labute approximate surface area is 163 Å². The molecule has 2 heterocycles. The monoisotopic (exact) mass is 389 g/mol. The molecule has 1 N–H and O–H groups in total. The maximum atomic E-state index is 12.2. The second kappa shape index (κ2) is 8.46. The molecule has 2 saturated heterocycles. The van der Waals surface area contributed by atoms with Crippen molar-refractivity contribution in [3.8, 4) is 6.07 Å². The van der Waals surface area contributed by atoms with Gasteiger partial charge in [0.05, 0.1) is 24.8 Å². The van der Waals surface area contributed by atoms with Gasteiger partial charge in [-0.2, -0.15) is 5.26 Å². The van der Waals surface area contributed by atoms with Gasteiger partial charge in [0.2, 0.25) is 5.79 Å². The normalized spacial score (nSPS) is 21.7. The molecular formula is C19H23N3O6. The zero-order chi connectivity index (χ0) is 20.1. The number of benzene rings is 1. The lowest BCUT2D eigenvalue weighted by atomic mass is 10.0. The molecule has 9 heteroatoms. The van der Waals surface area contributed by atoms with Crippen LogP contribution in [0.3, 0.4) is 0 Å². The first-order valence-corrected chi connectivity index (χ1v) is 9.21. The molecule has 2 aliphatic rings. The molecule has 28 heavy (non-hydrogen) atoms. The SMILES string of the molecule is CCOC(=O)OC1(O)CCN(CC2CN(c3ccc(C#N)cc3)C(=O)O2)CC1. The van der Waals surface area contributed by atoms with Crippen LogP contribution in [0.15, 0.2) is 24.3 Å². The molecule has 1 aromatic rings. The first-order valence-electron chi connectivity index (χ1n) is 9.21. The number of hydrogen-bond donors (Lipinski definition) is 1. The Morgan fingerprint density at radius 2 is 2.04 bits per heavy atom. The van der Waals surface area contributed by atoms with Crippen molar-refractivity contribution in [1.82, 2.24) is 4.90 Å². The van der Waals surface area contributed by atoms with Crippen molar-refractivity contribution < 1.29 is 28.9 Å². The topological polar surface area (TPSA) is 112 Å². The number of carbonyl (C=O) groups excluding carboxylic acids is 2. The first-order chi connectivity index (χ1) is 13.4. The number of nitrogens with zero attached hydrogens (tertiary/aromatic N) is 3. The fourth-order valence-electron chi connectivity index (χ4n) is 3.32. The van der Waals surface area contributed by atoms with Crippen LogP contribution in [-0.4, -0.2) is 66.9 Å². The van der Waals surface area contributed by atoms with E-state index in [0.29, 0.717) is 37.4 Å². The summed E-state index contributed by atoms with van der Waals surface area (Å²) in [6, 6.07) is 8.80. The Hall–Kier alpha value is -2.83. The summed E-state index contributed by atoms with van der Waals surface area (Å²) in [5, 5.41) is 19.2. The number of cyclic esters (lactones) is 1. The third kappa shape index (κ3) is 4.71. The summed E-state index contributed by atoms with van der Waals surface area (Å²) >= 11 is 0. The number of amides is 1.